The zero-order valence-corrected chi connectivity index (χ0v) is 15.3. The quantitative estimate of drug-likeness (QED) is 0.840. The molecule has 1 aromatic carbocycles. The Bertz CT molecular complexity index is 817. The zero-order chi connectivity index (χ0) is 17.6. The van der Waals surface area contributed by atoms with Gasteiger partial charge in [-0.15, -0.1) is 0 Å². The van der Waals surface area contributed by atoms with Crippen molar-refractivity contribution in [3.8, 4) is 0 Å². The van der Waals surface area contributed by atoms with Crippen molar-refractivity contribution in [3.63, 3.8) is 0 Å². The van der Waals surface area contributed by atoms with E-state index in [2.05, 4.69) is 16.8 Å². The first kappa shape index (κ1) is 16.3. The van der Waals surface area contributed by atoms with Crippen molar-refractivity contribution >= 4 is 23.3 Å². The van der Waals surface area contributed by atoms with E-state index in [9.17, 15) is 4.79 Å². The molecule has 2 aromatic rings. The van der Waals surface area contributed by atoms with Crippen LogP contribution in [0.5, 0.6) is 0 Å². The lowest BCUT2D eigenvalue weighted by Crippen LogP contribution is -2.39. The number of nitrogens with zero attached hydrogens (tertiary/aromatic N) is 4. The predicted octanol–water partition coefficient (Wildman–Crippen LogP) is 3.76. The molecular formula is C19H21ClN4O. The summed E-state index contributed by atoms with van der Waals surface area (Å²) in [6.07, 6.45) is 2.04. The predicted molar refractivity (Wildman–Crippen MR) is 98.0 cm³/mol. The molecule has 0 saturated carbocycles. The molecule has 4 rings (SSSR count). The molecule has 0 unspecified atom stereocenters. The average Bonchev–Trinajstić information content (AvgIpc) is 2.91. The molecule has 3 heterocycles. The summed E-state index contributed by atoms with van der Waals surface area (Å²) in [6, 6.07) is 7.11. The molecule has 1 fully saturated rings. The first-order valence-electron chi connectivity index (χ1n) is 8.77. The molecule has 1 amide bonds. The molecule has 1 aromatic heterocycles. The van der Waals surface area contributed by atoms with Gasteiger partial charge in [0, 0.05) is 29.2 Å². The lowest BCUT2D eigenvalue weighted by atomic mass is 10.0. The third-order valence-electron chi connectivity index (χ3n) is 5.04. The fourth-order valence-electron chi connectivity index (χ4n) is 3.68. The van der Waals surface area contributed by atoms with Crippen LogP contribution in [0.1, 0.15) is 53.2 Å². The number of benzene rings is 1. The van der Waals surface area contributed by atoms with Crippen molar-refractivity contribution in [3.05, 3.63) is 51.9 Å². The Morgan fingerprint density at radius 1 is 1.24 bits per heavy atom. The van der Waals surface area contributed by atoms with Gasteiger partial charge in [0.05, 0.1) is 18.3 Å². The van der Waals surface area contributed by atoms with Crippen LogP contribution in [-0.4, -0.2) is 33.9 Å². The van der Waals surface area contributed by atoms with E-state index in [0.717, 1.165) is 42.4 Å². The van der Waals surface area contributed by atoms with E-state index in [4.69, 9.17) is 16.6 Å². The summed E-state index contributed by atoms with van der Waals surface area (Å²) in [4.78, 5) is 26.6. The number of amides is 1. The number of carbonyl (C=O) groups is 1. The minimum absolute atomic E-state index is 0.0220. The molecule has 25 heavy (non-hydrogen) atoms. The number of hydrogen-bond acceptors (Lipinski definition) is 4. The Labute approximate surface area is 152 Å². The van der Waals surface area contributed by atoms with E-state index < -0.39 is 0 Å². The van der Waals surface area contributed by atoms with Crippen molar-refractivity contribution in [2.24, 2.45) is 0 Å². The number of aryl methyl sites for hydroxylation is 1. The van der Waals surface area contributed by atoms with Gasteiger partial charge in [-0.3, -0.25) is 4.79 Å². The highest BCUT2D eigenvalue weighted by atomic mass is 35.5. The third-order valence-corrected chi connectivity index (χ3v) is 5.29. The summed E-state index contributed by atoms with van der Waals surface area (Å²) in [5.41, 5.74) is 2.78. The maximum absolute atomic E-state index is 13.1. The molecule has 1 atom stereocenters. The largest absolute Gasteiger partial charge is 0.356 e. The molecule has 5 nitrogen and oxygen atoms in total. The summed E-state index contributed by atoms with van der Waals surface area (Å²) < 4.78 is 0. The number of halogens is 1. The number of aromatic nitrogens is 2. The highest BCUT2D eigenvalue weighted by Gasteiger charge is 2.38. The fraction of sp³-hybridized carbons (Fsp3) is 0.421. The fourth-order valence-corrected chi connectivity index (χ4v) is 3.80. The van der Waals surface area contributed by atoms with Crippen LogP contribution in [0.3, 0.4) is 0 Å². The van der Waals surface area contributed by atoms with Crippen LogP contribution in [0.15, 0.2) is 24.3 Å². The van der Waals surface area contributed by atoms with E-state index in [-0.39, 0.29) is 11.9 Å². The van der Waals surface area contributed by atoms with Crippen LogP contribution < -0.4 is 4.90 Å². The smallest absolute Gasteiger partial charge is 0.254 e. The summed E-state index contributed by atoms with van der Waals surface area (Å²) in [5, 5.41) is 0.634. The van der Waals surface area contributed by atoms with Crippen LogP contribution in [0.2, 0.25) is 5.02 Å². The maximum atomic E-state index is 13.1. The van der Waals surface area contributed by atoms with E-state index in [1.54, 1.807) is 24.3 Å². The molecule has 2 aliphatic heterocycles. The van der Waals surface area contributed by atoms with E-state index in [1.807, 2.05) is 11.8 Å². The summed E-state index contributed by atoms with van der Waals surface area (Å²) in [7, 11) is 0. The second-order valence-corrected chi connectivity index (χ2v) is 7.10. The number of fused-ring (bicyclic) bond motifs is 1. The molecule has 0 aliphatic carbocycles. The van der Waals surface area contributed by atoms with Crippen molar-refractivity contribution < 1.29 is 4.79 Å². The minimum Gasteiger partial charge on any atom is -0.356 e. The lowest BCUT2D eigenvalue weighted by Gasteiger charge is -2.35. The molecule has 0 N–H and O–H groups in total. The molecule has 0 spiro atoms. The number of rotatable bonds is 3. The van der Waals surface area contributed by atoms with Crippen molar-refractivity contribution in [1.29, 1.82) is 0 Å². The van der Waals surface area contributed by atoms with Crippen molar-refractivity contribution in [1.82, 2.24) is 14.9 Å². The second-order valence-electron chi connectivity index (χ2n) is 6.66. The standard InChI is InChI=1S/C19H21ClN4O/c1-3-16-17-15(21-12(2)22-18(17)23-9-4-10-23)11-24(16)19(25)13-5-7-14(20)8-6-13/h5-8,16H,3-4,9-11H2,1-2H3/t16-/m1/s1. The minimum atomic E-state index is 0.0220. The van der Waals surface area contributed by atoms with Gasteiger partial charge in [0.1, 0.15) is 11.6 Å². The normalized spacial score (nSPS) is 18.9. The molecule has 2 aliphatic rings. The molecule has 130 valence electrons. The van der Waals surface area contributed by atoms with Crippen LogP contribution in [0, 0.1) is 6.92 Å². The number of hydrogen-bond donors (Lipinski definition) is 0. The van der Waals surface area contributed by atoms with Crippen molar-refractivity contribution in [2.45, 2.75) is 39.3 Å². The summed E-state index contributed by atoms with van der Waals surface area (Å²) >= 11 is 5.95. The highest BCUT2D eigenvalue weighted by Crippen LogP contribution is 2.41. The van der Waals surface area contributed by atoms with Gasteiger partial charge in [-0.05, 0) is 44.0 Å². The Hall–Kier alpha value is -2.14. The molecule has 1 saturated heterocycles. The van der Waals surface area contributed by atoms with Gasteiger partial charge in [0.25, 0.3) is 5.91 Å². The lowest BCUT2D eigenvalue weighted by molar-refractivity contribution is 0.0686. The Morgan fingerprint density at radius 2 is 1.96 bits per heavy atom. The van der Waals surface area contributed by atoms with E-state index in [0.29, 0.717) is 17.1 Å². The monoisotopic (exact) mass is 356 g/mol. The van der Waals surface area contributed by atoms with Gasteiger partial charge >= 0.3 is 0 Å². The highest BCUT2D eigenvalue weighted by molar-refractivity contribution is 6.30. The molecule has 0 bridgehead atoms. The Kier molecular flexibility index (Phi) is 4.12. The SMILES string of the molecule is CC[C@@H]1c2c(nc(C)nc2N2CCC2)CN1C(=O)c1ccc(Cl)cc1. The molecule has 6 heteroatoms. The van der Waals surface area contributed by atoms with Gasteiger partial charge in [-0.1, -0.05) is 18.5 Å². The van der Waals surface area contributed by atoms with Crippen LogP contribution in [0.25, 0.3) is 0 Å². The second kappa shape index (κ2) is 6.30. The van der Waals surface area contributed by atoms with Gasteiger partial charge < -0.3 is 9.80 Å². The first-order chi connectivity index (χ1) is 12.1. The van der Waals surface area contributed by atoms with Gasteiger partial charge in [-0.25, -0.2) is 9.97 Å². The van der Waals surface area contributed by atoms with E-state index in [1.165, 1.54) is 6.42 Å². The number of anilines is 1. The summed E-state index contributed by atoms with van der Waals surface area (Å²) in [5.74, 6) is 1.82. The van der Waals surface area contributed by atoms with Crippen LogP contribution >= 0.6 is 11.6 Å². The Morgan fingerprint density at radius 3 is 2.56 bits per heavy atom. The Balaban J connectivity index is 1.72. The number of carbonyl (C=O) groups excluding carboxylic acids is 1. The van der Waals surface area contributed by atoms with E-state index >= 15 is 0 Å². The topological polar surface area (TPSA) is 49.3 Å². The first-order valence-corrected chi connectivity index (χ1v) is 9.15. The van der Waals surface area contributed by atoms with Crippen LogP contribution in [0.4, 0.5) is 5.82 Å². The third kappa shape index (κ3) is 2.76. The zero-order valence-electron chi connectivity index (χ0n) is 14.5. The molecular weight excluding hydrogens is 336 g/mol. The van der Waals surface area contributed by atoms with Gasteiger partial charge in [0.15, 0.2) is 0 Å². The van der Waals surface area contributed by atoms with Crippen LogP contribution in [-0.2, 0) is 6.54 Å². The van der Waals surface area contributed by atoms with Crippen molar-refractivity contribution in [2.75, 3.05) is 18.0 Å². The maximum Gasteiger partial charge on any atom is 0.254 e. The molecule has 0 radical (unpaired) electrons. The average molecular weight is 357 g/mol. The van der Waals surface area contributed by atoms with Gasteiger partial charge in [-0.2, -0.15) is 0 Å². The van der Waals surface area contributed by atoms with Gasteiger partial charge in [0.2, 0.25) is 0 Å². The summed E-state index contributed by atoms with van der Waals surface area (Å²) in [6.45, 7) is 6.64.